The molecule has 0 fully saturated rings. The third-order valence-electron chi connectivity index (χ3n) is 4.07. The Morgan fingerprint density at radius 2 is 1.66 bits per heavy atom. The maximum Gasteiger partial charge on any atom is 0.333 e. The highest BCUT2D eigenvalue weighted by Gasteiger charge is 2.24. The molecule has 0 aliphatic heterocycles. The van der Waals surface area contributed by atoms with Gasteiger partial charge in [0.1, 0.15) is 0 Å². The highest BCUT2D eigenvalue weighted by Crippen LogP contribution is 2.20. The van der Waals surface area contributed by atoms with E-state index in [1.54, 1.807) is 60.7 Å². The van der Waals surface area contributed by atoms with Gasteiger partial charge in [-0.15, -0.1) is 11.3 Å². The van der Waals surface area contributed by atoms with Gasteiger partial charge >= 0.3 is 5.97 Å². The molecule has 8 heteroatoms. The molecule has 2 amide bonds. The fourth-order valence-corrected chi connectivity index (χ4v) is 3.45. The van der Waals surface area contributed by atoms with E-state index < -0.39 is 17.9 Å². The van der Waals surface area contributed by atoms with Crippen LogP contribution in [0, 0.1) is 0 Å². The molecule has 0 bridgehead atoms. The van der Waals surface area contributed by atoms with E-state index in [-0.39, 0.29) is 5.91 Å². The van der Waals surface area contributed by atoms with Crippen LogP contribution in [0.5, 0.6) is 0 Å². The van der Waals surface area contributed by atoms with Crippen LogP contribution in [0.1, 0.15) is 31.6 Å². The number of esters is 1. The maximum absolute atomic E-state index is 12.6. The summed E-state index contributed by atoms with van der Waals surface area (Å²) in [7, 11) is 1.27. The van der Waals surface area contributed by atoms with E-state index in [0.717, 1.165) is 4.47 Å². The van der Waals surface area contributed by atoms with Gasteiger partial charge in [0.25, 0.3) is 11.8 Å². The van der Waals surface area contributed by atoms with Gasteiger partial charge in [-0.05, 0) is 53.4 Å². The molecule has 6 nitrogen and oxygen atoms in total. The van der Waals surface area contributed by atoms with Crippen LogP contribution in [0.2, 0.25) is 0 Å². The zero-order chi connectivity index (χ0) is 20.8. The lowest BCUT2D eigenvalue weighted by molar-refractivity contribution is -0.143. The summed E-state index contributed by atoms with van der Waals surface area (Å²) in [6.45, 7) is 0. The molecule has 3 rings (SSSR count). The van der Waals surface area contributed by atoms with Gasteiger partial charge in [0.05, 0.1) is 12.0 Å². The molecule has 1 aromatic heterocycles. The van der Waals surface area contributed by atoms with Gasteiger partial charge in [-0.25, -0.2) is 4.79 Å². The SMILES string of the molecule is COC(=O)C(NC(=O)c1ccc(NC(=O)c2cccs2)cc1)c1ccc(Br)cc1. The molecule has 0 aliphatic rings. The van der Waals surface area contributed by atoms with E-state index in [1.807, 2.05) is 5.38 Å². The Hall–Kier alpha value is -2.97. The largest absolute Gasteiger partial charge is 0.467 e. The Morgan fingerprint density at radius 1 is 0.966 bits per heavy atom. The topological polar surface area (TPSA) is 84.5 Å². The number of hydrogen-bond donors (Lipinski definition) is 2. The van der Waals surface area contributed by atoms with E-state index >= 15 is 0 Å². The number of benzene rings is 2. The van der Waals surface area contributed by atoms with Crippen molar-refractivity contribution < 1.29 is 19.1 Å². The zero-order valence-electron chi connectivity index (χ0n) is 15.3. The van der Waals surface area contributed by atoms with Crippen molar-refractivity contribution in [2.45, 2.75) is 6.04 Å². The number of carbonyl (C=O) groups is 3. The summed E-state index contributed by atoms with van der Waals surface area (Å²) in [6.07, 6.45) is 0. The second kappa shape index (κ2) is 9.49. The van der Waals surface area contributed by atoms with Gasteiger partial charge in [-0.2, -0.15) is 0 Å². The van der Waals surface area contributed by atoms with Crippen LogP contribution < -0.4 is 10.6 Å². The van der Waals surface area contributed by atoms with Crippen LogP contribution in [0.4, 0.5) is 5.69 Å². The second-order valence-electron chi connectivity index (χ2n) is 5.99. The molecule has 0 radical (unpaired) electrons. The lowest BCUT2D eigenvalue weighted by Crippen LogP contribution is -2.34. The summed E-state index contributed by atoms with van der Waals surface area (Å²) < 4.78 is 5.68. The highest BCUT2D eigenvalue weighted by molar-refractivity contribution is 9.10. The predicted molar refractivity (Wildman–Crippen MR) is 115 cm³/mol. The first-order valence-corrected chi connectivity index (χ1v) is 10.2. The van der Waals surface area contributed by atoms with Crippen molar-refractivity contribution in [1.29, 1.82) is 0 Å². The lowest BCUT2D eigenvalue weighted by Gasteiger charge is -2.17. The monoisotopic (exact) mass is 472 g/mol. The molecular weight excluding hydrogens is 456 g/mol. The van der Waals surface area contributed by atoms with E-state index in [0.29, 0.717) is 21.7 Å². The fourth-order valence-electron chi connectivity index (χ4n) is 2.57. The smallest absolute Gasteiger partial charge is 0.333 e. The minimum Gasteiger partial charge on any atom is -0.467 e. The van der Waals surface area contributed by atoms with Crippen LogP contribution in [0.3, 0.4) is 0 Å². The molecule has 29 heavy (non-hydrogen) atoms. The van der Waals surface area contributed by atoms with Crippen LogP contribution in [0.15, 0.2) is 70.5 Å². The number of amides is 2. The molecule has 0 spiro atoms. The minimum absolute atomic E-state index is 0.210. The molecule has 0 saturated heterocycles. The number of halogens is 1. The van der Waals surface area contributed by atoms with E-state index in [2.05, 4.69) is 26.6 Å². The predicted octanol–water partition coefficient (Wildman–Crippen LogP) is 4.41. The summed E-state index contributed by atoms with van der Waals surface area (Å²) in [6, 6.07) is 16.0. The highest BCUT2D eigenvalue weighted by atomic mass is 79.9. The summed E-state index contributed by atoms with van der Waals surface area (Å²) in [5.74, 6) is -1.21. The number of hydrogen-bond acceptors (Lipinski definition) is 5. The first kappa shape index (κ1) is 20.8. The van der Waals surface area contributed by atoms with Gasteiger partial charge in [0, 0.05) is 15.7 Å². The van der Waals surface area contributed by atoms with E-state index in [4.69, 9.17) is 4.74 Å². The Bertz CT molecular complexity index is 1000. The Balaban J connectivity index is 1.70. The van der Waals surface area contributed by atoms with Crippen molar-refractivity contribution in [2.24, 2.45) is 0 Å². The van der Waals surface area contributed by atoms with Crippen molar-refractivity contribution in [1.82, 2.24) is 5.32 Å². The van der Waals surface area contributed by atoms with Gasteiger partial charge in [0.15, 0.2) is 6.04 Å². The maximum atomic E-state index is 12.6. The normalized spacial score (nSPS) is 11.4. The van der Waals surface area contributed by atoms with Gasteiger partial charge in [-0.3, -0.25) is 9.59 Å². The van der Waals surface area contributed by atoms with Gasteiger partial charge < -0.3 is 15.4 Å². The van der Waals surface area contributed by atoms with Crippen molar-refractivity contribution in [2.75, 3.05) is 12.4 Å². The Kier molecular flexibility index (Phi) is 6.79. The van der Waals surface area contributed by atoms with E-state index in [9.17, 15) is 14.4 Å². The molecule has 2 aromatic carbocycles. The second-order valence-corrected chi connectivity index (χ2v) is 7.85. The van der Waals surface area contributed by atoms with Crippen LogP contribution in [-0.4, -0.2) is 24.9 Å². The summed E-state index contributed by atoms with van der Waals surface area (Å²) in [4.78, 5) is 37.5. The quantitative estimate of drug-likeness (QED) is 0.520. The van der Waals surface area contributed by atoms with Gasteiger partial charge in [-0.1, -0.05) is 34.1 Å². The molecule has 3 aromatic rings. The zero-order valence-corrected chi connectivity index (χ0v) is 17.7. The number of carbonyl (C=O) groups excluding carboxylic acids is 3. The summed E-state index contributed by atoms with van der Waals surface area (Å²) >= 11 is 4.69. The molecule has 0 aliphatic carbocycles. The average Bonchev–Trinajstić information content (AvgIpc) is 3.28. The number of anilines is 1. The standard InChI is InChI=1S/C21H17BrN2O4S/c1-28-21(27)18(13-4-8-15(22)9-5-13)24-19(25)14-6-10-16(11-7-14)23-20(26)17-3-2-12-29-17/h2-12,18H,1H3,(H,23,26)(H,24,25). The van der Waals surface area contributed by atoms with Gasteiger partial charge in [0.2, 0.25) is 0 Å². The van der Waals surface area contributed by atoms with Crippen LogP contribution in [0.25, 0.3) is 0 Å². The molecule has 148 valence electrons. The van der Waals surface area contributed by atoms with Crippen molar-refractivity contribution in [3.63, 3.8) is 0 Å². The van der Waals surface area contributed by atoms with Crippen LogP contribution >= 0.6 is 27.3 Å². The molecule has 1 unspecified atom stereocenters. The third-order valence-corrected chi connectivity index (χ3v) is 5.46. The van der Waals surface area contributed by atoms with Crippen molar-refractivity contribution in [3.05, 3.63) is 86.5 Å². The molecule has 1 atom stereocenters. The average molecular weight is 473 g/mol. The Labute approximate surface area is 180 Å². The molecule has 0 saturated carbocycles. The van der Waals surface area contributed by atoms with Crippen molar-refractivity contribution >= 4 is 50.7 Å². The summed E-state index contributed by atoms with van der Waals surface area (Å²) in [5.41, 5.74) is 1.52. The number of thiophene rings is 1. The number of ether oxygens (including phenoxy) is 1. The lowest BCUT2D eigenvalue weighted by atomic mass is 10.1. The first-order chi connectivity index (χ1) is 14.0. The number of rotatable bonds is 6. The Morgan fingerprint density at radius 3 is 2.24 bits per heavy atom. The summed E-state index contributed by atoms with van der Waals surface area (Å²) in [5, 5.41) is 7.28. The minimum atomic E-state index is -0.932. The van der Waals surface area contributed by atoms with Crippen molar-refractivity contribution in [3.8, 4) is 0 Å². The van der Waals surface area contributed by atoms with E-state index in [1.165, 1.54) is 18.4 Å². The fraction of sp³-hybridized carbons (Fsp3) is 0.0952. The number of methoxy groups -OCH3 is 1. The van der Waals surface area contributed by atoms with Crippen LogP contribution in [-0.2, 0) is 9.53 Å². The molecule has 1 heterocycles. The third kappa shape index (κ3) is 5.30. The molecular formula is C21H17BrN2O4S. The first-order valence-electron chi connectivity index (χ1n) is 8.57. The molecule has 2 N–H and O–H groups in total. The number of nitrogens with one attached hydrogen (secondary N) is 2.